The molecule has 2 nitrogen and oxygen atoms in total. The van der Waals surface area contributed by atoms with E-state index in [1.165, 1.54) is 12.1 Å². The smallest absolute Gasteiger partial charge is 0.258 e. The average Bonchev–Trinajstić information content (AvgIpc) is 2.32. The van der Waals surface area contributed by atoms with Gasteiger partial charge in [0.2, 0.25) is 0 Å². The first-order valence-electron chi connectivity index (χ1n) is 5.90. The van der Waals surface area contributed by atoms with Gasteiger partial charge < -0.3 is 4.57 Å². The quantitative estimate of drug-likeness (QED) is 0.738. The molecule has 0 saturated heterocycles. The summed E-state index contributed by atoms with van der Waals surface area (Å²) in [6.07, 6.45) is 1.74. The third-order valence-corrected chi connectivity index (χ3v) is 2.45. The van der Waals surface area contributed by atoms with E-state index in [2.05, 4.69) is 0 Å². The van der Waals surface area contributed by atoms with Gasteiger partial charge in [-0.3, -0.25) is 4.79 Å². The van der Waals surface area contributed by atoms with Crippen LogP contribution >= 0.6 is 0 Å². The molecule has 0 bridgehead atoms. The molecule has 3 heteroatoms. The lowest BCUT2D eigenvalue weighted by Crippen LogP contribution is -2.21. The van der Waals surface area contributed by atoms with Gasteiger partial charge in [0, 0.05) is 12.2 Å². The molecule has 1 heterocycles. The Hall–Kier alpha value is -1.64. The number of halogens is 1. The predicted molar refractivity (Wildman–Crippen MR) is 69.9 cm³/mol. The second kappa shape index (κ2) is 5.62. The Labute approximate surface area is 101 Å². The van der Waals surface area contributed by atoms with Crippen molar-refractivity contribution in [1.82, 2.24) is 4.57 Å². The number of fused-ring (bicyclic) bond motifs is 1. The lowest BCUT2D eigenvalue weighted by atomic mass is 10.1. The number of hydrogen-bond acceptors (Lipinski definition) is 1. The summed E-state index contributed by atoms with van der Waals surface area (Å²) < 4.78 is 14.6. The highest BCUT2D eigenvalue weighted by Gasteiger charge is 2.05. The van der Waals surface area contributed by atoms with Crippen LogP contribution in [0.1, 0.15) is 33.7 Å². The minimum absolute atomic E-state index is 0.0881. The third-order valence-electron chi connectivity index (χ3n) is 2.45. The molecule has 1 aromatic heterocycles. The molecular formula is C14H18FNO. The number of nitrogens with zero attached hydrogens (tertiary/aromatic N) is 1. The molecular weight excluding hydrogens is 217 g/mol. The molecule has 0 fully saturated rings. The van der Waals surface area contributed by atoms with Gasteiger partial charge in [-0.1, -0.05) is 19.9 Å². The highest BCUT2D eigenvalue weighted by Crippen LogP contribution is 2.12. The zero-order valence-electron chi connectivity index (χ0n) is 10.7. The van der Waals surface area contributed by atoms with Crippen LogP contribution in [-0.4, -0.2) is 4.57 Å². The predicted octanol–water partition coefficient (Wildman–Crippen LogP) is 3.75. The van der Waals surface area contributed by atoms with Crippen molar-refractivity contribution < 1.29 is 4.39 Å². The Morgan fingerprint density at radius 2 is 1.82 bits per heavy atom. The Morgan fingerprint density at radius 3 is 2.41 bits per heavy atom. The van der Waals surface area contributed by atoms with Crippen LogP contribution in [0.5, 0.6) is 0 Å². The summed E-state index contributed by atoms with van der Waals surface area (Å²) >= 11 is 0. The van der Waals surface area contributed by atoms with E-state index >= 15 is 0 Å². The van der Waals surface area contributed by atoms with Crippen LogP contribution in [-0.2, 0) is 0 Å². The maximum absolute atomic E-state index is 13.0. The summed E-state index contributed by atoms with van der Waals surface area (Å²) in [6.45, 7) is 7.85. The highest BCUT2D eigenvalue weighted by atomic mass is 19.1. The highest BCUT2D eigenvalue weighted by molar-refractivity contribution is 5.81. The molecule has 2 aromatic rings. The van der Waals surface area contributed by atoms with E-state index in [4.69, 9.17) is 0 Å². The van der Waals surface area contributed by atoms with Crippen LogP contribution in [0.25, 0.3) is 10.8 Å². The second-order valence-corrected chi connectivity index (χ2v) is 3.85. The molecule has 0 spiro atoms. The summed E-state index contributed by atoms with van der Waals surface area (Å²) in [5.74, 6) is -0.374. The number of pyridine rings is 1. The number of rotatable bonds is 1. The summed E-state index contributed by atoms with van der Waals surface area (Å²) in [5.41, 5.74) is -0.137. The van der Waals surface area contributed by atoms with Crippen LogP contribution in [0, 0.1) is 5.82 Å². The van der Waals surface area contributed by atoms with Gasteiger partial charge in [0.05, 0.1) is 5.39 Å². The Balaban J connectivity index is 0.000000686. The zero-order chi connectivity index (χ0) is 13.0. The van der Waals surface area contributed by atoms with Gasteiger partial charge in [0.15, 0.2) is 0 Å². The molecule has 0 amide bonds. The van der Waals surface area contributed by atoms with Gasteiger partial charge in [0.1, 0.15) is 5.82 Å². The normalized spacial score (nSPS) is 10.2. The van der Waals surface area contributed by atoms with Crippen LogP contribution < -0.4 is 5.56 Å². The minimum Gasteiger partial charge on any atom is -0.312 e. The Bertz CT molecular complexity index is 558. The van der Waals surface area contributed by atoms with Gasteiger partial charge >= 0.3 is 0 Å². The molecule has 2 rings (SSSR count). The summed E-state index contributed by atoms with van der Waals surface area (Å²) in [6, 6.07) is 6.19. The maximum atomic E-state index is 13.0. The van der Waals surface area contributed by atoms with E-state index < -0.39 is 0 Å². The van der Waals surface area contributed by atoms with Crippen molar-refractivity contribution in [2.75, 3.05) is 0 Å². The Morgan fingerprint density at radius 1 is 1.18 bits per heavy atom. The van der Waals surface area contributed by atoms with E-state index in [0.29, 0.717) is 5.39 Å². The molecule has 0 aliphatic rings. The largest absolute Gasteiger partial charge is 0.312 e. The number of hydrogen-bond donors (Lipinski definition) is 0. The maximum Gasteiger partial charge on any atom is 0.258 e. The molecule has 0 aliphatic carbocycles. The molecule has 0 N–H and O–H groups in total. The third kappa shape index (κ3) is 2.73. The van der Waals surface area contributed by atoms with Crippen LogP contribution in [0.3, 0.4) is 0 Å². The van der Waals surface area contributed by atoms with Crippen molar-refractivity contribution in [3.8, 4) is 0 Å². The number of aromatic nitrogens is 1. The van der Waals surface area contributed by atoms with Crippen molar-refractivity contribution in [1.29, 1.82) is 0 Å². The molecule has 17 heavy (non-hydrogen) atoms. The van der Waals surface area contributed by atoms with Crippen LogP contribution in [0.4, 0.5) is 4.39 Å². The molecule has 0 saturated carbocycles. The second-order valence-electron chi connectivity index (χ2n) is 3.85. The van der Waals surface area contributed by atoms with Crippen molar-refractivity contribution in [2.24, 2.45) is 0 Å². The van der Waals surface area contributed by atoms with E-state index in [1.807, 2.05) is 33.8 Å². The van der Waals surface area contributed by atoms with E-state index in [1.54, 1.807) is 16.8 Å². The van der Waals surface area contributed by atoms with Crippen LogP contribution in [0.15, 0.2) is 35.3 Å². The molecule has 0 unspecified atom stereocenters. The molecule has 1 aromatic carbocycles. The van der Waals surface area contributed by atoms with Crippen molar-refractivity contribution >= 4 is 10.8 Å². The summed E-state index contributed by atoms with van der Waals surface area (Å²) in [7, 11) is 0. The fraction of sp³-hybridized carbons (Fsp3) is 0.357. The van der Waals surface area contributed by atoms with E-state index in [-0.39, 0.29) is 17.4 Å². The van der Waals surface area contributed by atoms with Gasteiger partial charge in [0.25, 0.3) is 5.56 Å². The topological polar surface area (TPSA) is 22.0 Å². The first kappa shape index (κ1) is 13.4. The number of benzene rings is 1. The van der Waals surface area contributed by atoms with Crippen LogP contribution in [0.2, 0.25) is 0 Å². The molecule has 0 aliphatic heterocycles. The van der Waals surface area contributed by atoms with Gasteiger partial charge in [-0.05, 0) is 37.4 Å². The van der Waals surface area contributed by atoms with Crippen molar-refractivity contribution in [3.63, 3.8) is 0 Å². The van der Waals surface area contributed by atoms with Gasteiger partial charge in [-0.2, -0.15) is 0 Å². The average molecular weight is 235 g/mol. The fourth-order valence-electron chi connectivity index (χ4n) is 1.63. The first-order chi connectivity index (χ1) is 8.09. The summed E-state index contributed by atoms with van der Waals surface area (Å²) in [4.78, 5) is 11.9. The SMILES string of the molecule is CC.CC(C)n1ccc2ccc(F)cc2c1=O. The Kier molecular flexibility index (Phi) is 4.44. The lowest BCUT2D eigenvalue weighted by molar-refractivity contribution is 0.582. The summed E-state index contributed by atoms with van der Waals surface area (Å²) in [5, 5.41) is 1.21. The first-order valence-corrected chi connectivity index (χ1v) is 5.90. The lowest BCUT2D eigenvalue weighted by Gasteiger charge is -2.10. The standard InChI is InChI=1S/C12H12FNO.C2H6/c1-8(2)14-6-5-9-3-4-10(13)7-11(9)12(14)15;1-2/h3-8H,1-2H3;1-2H3. The van der Waals surface area contributed by atoms with E-state index in [9.17, 15) is 9.18 Å². The molecule has 92 valence electrons. The monoisotopic (exact) mass is 235 g/mol. The van der Waals surface area contributed by atoms with Gasteiger partial charge in [-0.15, -0.1) is 0 Å². The van der Waals surface area contributed by atoms with Crippen molar-refractivity contribution in [3.05, 3.63) is 46.6 Å². The zero-order valence-corrected chi connectivity index (χ0v) is 10.7. The van der Waals surface area contributed by atoms with Gasteiger partial charge in [-0.25, -0.2) is 4.39 Å². The molecule has 0 atom stereocenters. The molecule has 0 radical (unpaired) electrons. The fourth-order valence-corrected chi connectivity index (χ4v) is 1.63. The van der Waals surface area contributed by atoms with Crippen molar-refractivity contribution in [2.45, 2.75) is 33.7 Å². The van der Waals surface area contributed by atoms with E-state index in [0.717, 1.165) is 5.39 Å². The minimum atomic E-state index is -0.374.